The van der Waals surface area contributed by atoms with E-state index >= 15 is 0 Å². The van der Waals surface area contributed by atoms with E-state index in [-0.39, 0.29) is 0 Å². The number of likely N-dealkylation sites (tertiary alicyclic amines) is 1. The van der Waals surface area contributed by atoms with Gasteiger partial charge in [-0.1, -0.05) is 0 Å². The van der Waals surface area contributed by atoms with E-state index in [0.717, 1.165) is 37.8 Å². The zero-order valence-electron chi connectivity index (χ0n) is 14.7. The summed E-state index contributed by atoms with van der Waals surface area (Å²) < 4.78 is 1.88. The first-order valence-corrected chi connectivity index (χ1v) is 9.92. The SMILES string of the molecule is Cn1cc(C[C@H]2CCN(C(=O)C3C4CC5CC(C4)CC3C5)C2)cn1. The second kappa shape index (κ2) is 5.60. The number of aryl methyl sites for hydroxylation is 1. The molecule has 1 aliphatic heterocycles. The van der Waals surface area contributed by atoms with Crippen molar-refractivity contribution in [2.45, 2.75) is 44.9 Å². The van der Waals surface area contributed by atoms with E-state index in [1.54, 1.807) is 0 Å². The van der Waals surface area contributed by atoms with Crippen LogP contribution >= 0.6 is 0 Å². The number of nitrogens with zero attached hydrogens (tertiary/aromatic N) is 3. The lowest BCUT2D eigenvalue weighted by atomic mass is 9.51. The van der Waals surface area contributed by atoms with Crippen molar-refractivity contribution in [3.63, 3.8) is 0 Å². The third-order valence-corrected chi connectivity index (χ3v) is 7.39. The van der Waals surface area contributed by atoms with E-state index in [9.17, 15) is 4.79 Å². The lowest BCUT2D eigenvalue weighted by molar-refractivity contribution is -0.148. The summed E-state index contributed by atoms with van der Waals surface area (Å²) in [7, 11) is 1.97. The first kappa shape index (κ1) is 15.0. The van der Waals surface area contributed by atoms with Crippen LogP contribution in [0.2, 0.25) is 0 Å². The maximum Gasteiger partial charge on any atom is 0.226 e. The van der Waals surface area contributed by atoms with Crippen LogP contribution in [0.25, 0.3) is 0 Å². The quantitative estimate of drug-likeness (QED) is 0.856. The summed E-state index contributed by atoms with van der Waals surface area (Å²) >= 11 is 0. The maximum absolute atomic E-state index is 13.2. The number of hydrogen-bond donors (Lipinski definition) is 0. The highest BCUT2D eigenvalue weighted by Crippen LogP contribution is 2.57. The lowest BCUT2D eigenvalue weighted by Gasteiger charge is -2.54. The number of amides is 1. The van der Waals surface area contributed by atoms with Gasteiger partial charge in [-0.3, -0.25) is 9.48 Å². The van der Waals surface area contributed by atoms with Crippen LogP contribution in [-0.2, 0) is 18.3 Å². The van der Waals surface area contributed by atoms with Gasteiger partial charge in [-0.15, -0.1) is 0 Å². The van der Waals surface area contributed by atoms with E-state index in [1.165, 1.54) is 37.7 Å². The molecule has 0 unspecified atom stereocenters. The largest absolute Gasteiger partial charge is 0.342 e. The first-order valence-electron chi connectivity index (χ1n) is 9.92. The molecule has 4 bridgehead atoms. The van der Waals surface area contributed by atoms with E-state index in [0.29, 0.717) is 29.6 Å². The standard InChI is InChI=1S/C20H29N3O/c1-22-11-16(10-21-22)4-13-2-3-23(12-13)20(24)19-17-6-14-5-15(8-17)9-18(19)7-14/h10-11,13-15,17-19H,2-9,12H2,1H3/t13-,14?,15?,17?,18?,19?/m1/s1. The molecule has 1 aromatic heterocycles. The first-order chi connectivity index (χ1) is 11.7. The molecule has 4 heteroatoms. The Morgan fingerprint density at radius 2 is 1.88 bits per heavy atom. The Bertz CT molecular complexity index is 609. The van der Waals surface area contributed by atoms with Crippen molar-refractivity contribution in [2.24, 2.45) is 42.6 Å². The summed E-state index contributed by atoms with van der Waals surface area (Å²) in [6, 6.07) is 0. The van der Waals surface area contributed by atoms with Crippen LogP contribution in [-0.4, -0.2) is 33.7 Å². The summed E-state index contributed by atoms with van der Waals surface area (Å²) in [4.78, 5) is 15.5. The van der Waals surface area contributed by atoms with Crippen LogP contribution in [0.4, 0.5) is 0 Å². The molecule has 4 aliphatic carbocycles. The molecule has 130 valence electrons. The Morgan fingerprint density at radius 3 is 2.50 bits per heavy atom. The molecule has 0 spiro atoms. The molecule has 5 fully saturated rings. The number of carbonyl (C=O) groups excluding carboxylic acids is 1. The number of rotatable bonds is 3. The predicted molar refractivity (Wildman–Crippen MR) is 92.1 cm³/mol. The highest BCUT2D eigenvalue weighted by Gasteiger charge is 2.51. The average Bonchev–Trinajstić information content (AvgIpc) is 3.16. The summed E-state index contributed by atoms with van der Waals surface area (Å²) in [6.07, 6.45) is 13.2. The second-order valence-electron chi connectivity index (χ2n) is 9.12. The van der Waals surface area contributed by atoms with Crippen LogP contribution in [0.5, 0.6) is 0 Å². The molecule has 2 heterocycles. The molecular formula is C20H29N3O. The molecule has 1 amide bonds. The van der Waals surface area contributed by atoms with E-state index < -0.39 is 0 Å². The minimum absolute atomic E-state index is 0.370. The van der Waals surface area contributed by atoms with Crippen molar-refractivity contribution >= 4 is 5.91 Å². The van der Waals surface area contributed by atoms with Crippen LogP contribution in [0.3, 0.4) is 0 Å². The molecule has 0 aromatic carbocycles. The molecule has 5 aliphatic rings. The molecule has 0 N–H and O–H groups in total. The van der Waals surface area contributed by atoms with Gasteiger partial charge in [-0.05, 0) is 80.1 Å². The van der Waals surface area contributed by atoms with Crippen molar-refractivity contribution in [1.82, 2.24) is 14.7 Å². The highest BCUT2D eigenvalue weighted by molar-refractivity contribution is 5.80. The molecular weight excluding hydrogens is 298 g/mol. The summed E-state index contributed by atoms with van der Waals surface area (Å²) in [6.45, 7) is 1.95. The van der Waals surface area contributed by atoms with Gasteiger partial charge >= 0.3 is 0 Å². The third-order valence-electron chi connectivity index (χ3n) is 7.39. The monoisotopic (exact) mass is 327 g/mol. The van der Waals surface area contributed by atoms with Gasteiger partial charge in [0.15, 0.2) is 0 Å². The molecule has 4 nitrogen and oxygen atoms in total. The zero-order valence-corrected chi connectivity index (χ0v) is 14.7. The summed E-state index contributed by atoms with van der Waals surface area (Å²) in [5, 5.41) is 4.27. The minimum Gasteiger partial charge on any atom is -0.342 e. The normalized spacial score (nSPS) is 40.5. The fourth-order valence-corrected chi connectivity index (χ4v) is 6.65. The second-order valence-corrected chi connectivity index (χ2v) is 9.12. The maximum atomic E-state index is 13.2. The smallest absolute Gasteiger partial charge is 0.226 e. The fourth-order valence-electron chi connectivity index (χ4n) is 6.65. The van der Waals surface area contributed by atoms with Crippen LogP contribution in [0, 0.1) is 35.5 Å². The van der Waals surface area contributed by atoms with Gasteiger partial charge in [0, 0.05) is 32.3 Å². The Labute approximate surface area is 144 Å². The van der Waals surface area contributed by atoms with E-state index in [1.807, 2.05) is 17.9 Å². The number of carbonyl (C=O) groups is 1. The lowest BCUT2D eigenvalue weighted by Crippen LogP contribution is -2.51. The van der Waals surface area contributed by atoms with Gasteiger partial charge in [0.25, 0.3) is 0 Å². The Kier molecular flexibility index (Phi) is 3.50. The fraction of sp³-hybridized carbons (Fsp3) is 0.800. The van der Waals surface area contributed by atoms with Crippen molar-refractivity contribution in [3.8, 4) is 0 Å². The molecule has 24 heavy (non-hydrogen) atoms. The molecule has 1 saturated heterocycles. The molecule has 0 radical (unpaired) electrons. The average molecular weight is 327 g/mol. The Hall–Kier alpha value is -1.32. The van der Waals surface area contributed by atoms with Gasteiger partial charge in [-0.2, -0.15) is 5.10 Å². The van der Waals surface area contributed by atoms with Crippen molar-refractivity contribution < 1.29 is 4.79 Å². The predicted octanol–water partition coefficient (Wildman–Crippen LogP) is 2.88. The highest BCUT2D eigenvalue weighted by atomic mass is 16.2. The topological polar surface area (TPSA) is 38.1 Å². The van der Waals surface area contributed by atoms with Gasteiger partial charge in [0.05, 0.1) is 6.20 Å². The van der Waals surface area contributed by atoms with Gasteiger partial charge in [0.1, 0.15) is 0 Å². The zero-order chi connectivity index (χ0) is 16.3. The van der Waals surface area contributed by atoms with Crippen molar-refractivity contribution in [3.05, 3.63) is 18.0 Å². The summed E-state index contributed by atoms with van der Waals surface area (Å²) in [5.74, 6) is 4.83. The number of hydrogen-bond acceptors (Lipinski definition) is 2. The van der Waals surface area contributed by atoms with Gasteiger partial charge in [0.2, 0.25) is 5.91 Å². The molecule has 1 atom stereocenters. The van der Waals surface area contributed by atoms with E-state index in [2.05, 4.69) is 16.2 Å². The van der Waals surface area contributed by atoms with Crippen LogP contribution in [0.15, 0.2) is 12.4 Å². The molecule has 6 rings (SSSR count). The van der Waals surface area contributed by atoms with E-state index in [4.69, 9.17) is 0 Å². The summed E-state index contributed by atoms with van der Waals surface area (Å²) in [5.41, 5.74) is 1.31. The van der Waals surface area contributed by atoms with Crippen LogP contribution in [0.1, 0.15) is 44.1 Å². The van der Waals surface area contributed by atoms with Crippen molar-refractivity contribution in [1.29, 1.82) is 0 Å². The molecule has 4 saturated carbocycles. The van der Waals surface area contributed by atoms with Gasteiger partial charge in [-0.25, -0.2) is 0 Å². The third kappa shape index (κ3) is 2.49. The minimum atomic E-state index is 0.370. The Balaban J connectivity index is 1.24. The Morgan fingerprint density at radius 1 is 1.17 bits per heavy atom. The molecule has 1 aromatic rings. The van der Waals surface area contributed by atoms with Crippen molar-refractivity contribution in [2.75, 3.05) is 13.1 Å². The number of aromatic nitrogens is 2. The van der Waals surface area contributed by atoms with Gasteiger partial charge < -0.3 is 4.90 Å². The van der Waals surface area contributed by atoms with Crippen LogP contribution < -0.4 is 0 Å².